The van der Waals surface area contributed by atoms with Crippen LogP contribution in [-0.2, 0) is 6.54 Å². The van der Waals surface area contributed by atoms with Crippen molar-refractivity contribution in [2.24, 2.45) is 0 Å². The van der Waals surface area contributed by atoms with Gasteiger partial charge in [0.15, 0.2) is 10.8 Å². The Balaban J connectivity index is 1.95. The topological polar surface area (TPSA) is 32.6 Å². The maximum Gasteiger partial charge on any atom is 0.195 e. The summed E-state index contributed by atoms with van der Waals surface area (Å²) in [6.07, 6.45) is 4.72. The van der Waals surface area contributed by atoms with Crippen molar-refractivity contribution in [2.75, 3.05) is 18.0 Å². The number of anilines is 1. The Morgan fingerprint density at radius 3 is 2.89 bits per heavy atom. The van der Waals surface area contributed by atoms with E-state index in [1.165, 1.54) is 24.4 Å². The van der Waals surface area contributed by atoms with E-state index < -0.39 is 0 Å². The molecular weight excluding hydrogens is 244 g/mol. The molecule has 5 heteroatoms. The van der Waals surface area contributed by atoms with E-state index in [0.29, 0.717) is 6.04 Å². The minimum absolute atomic E-state index is 0.501. The number of rotatable bonds is 4. The summed E-state index contributed by atoms with van der Waals surface area (Å²) in [6, 6.07) is 0.501. The average molecular weight is 264 g/mol. The van der Waals surface area contributed by atoms with Crippen molar-refractivity contribution >= 4 is 22.1 Å². The number of nitrogens with zero attached hydrogens (tertiary/aromatic N) is 3. The fourth-order valence-electron chi connectivity index (χ4n) is 2.47. The van der Waals surface area contributed by atoms with E-state index in [-0.39, 0.29) is 0 Å². The second kappa shape index (κ2) is 4.90. The Kier molecular flexibility index (Phi) is 3.26. The van der Waals surface area contributed by atoms with E-state index in [1.807, 2.05) is 0 Å². The predicted molar refractivity (Wildman–Crippen MR) is 76.5 cm³/mol. The number of thiazole rings is 1. The van der Waals surface area contributed by atoms with Crippen LogP contribution >= 0.6 is 11.3 Å². The highest BCUT2D eigenvalue weighted by atomic mass is 32.1. The quantitative estimate of drug-likeness (QED) is 0.921. The Labute approximate surface area is 112 Å². The molecule has 0 amide bonds. The molecule has 1 saturated heterocycles. The number of fused-ring (bicyclic) bond motifs is 1. The summed E-state index contributed by atoms with van der Waals surface area (Å²) in [6.45, 7) is 7.56. The zero-order valence-corrected chi connectivity index (χ0v) is 11.8. The van der Waals surface area contributed by atoms with Crippen molar-refractivity contribution < 1.29 is 0 Å². The standard InChI is InChI=1S/C13H20N4S/c1-10(2)14-9-11-12(16-5-3-4-6-16)15-13-17(11)7-8-18-13/h7-8,10,14H,3-6,9H2,1-2H3. The van der Waals surface area contributed by atoms with Crippen LogP contribution in [0.15, 0.2) is 11.6 Å². The molecule has 0 spiro atoms. The molecular formula is C13H20N4S. The summed E-state index contributed by atoms with van der Waals surface area (Å²) in [5.41, 5.74) is 1.31. The molecule has 3 rings (SSSR count). The molecule has 1 aliphatic heterocycles. The lowest BCUT2D eigenvalue weighted by molar-refractivity contribution is 0.579. The first-order valence-electron chi connectivity index (χ1n) is 6.68. The van der Waals surface area contributed by atoms with Crippen LogP contribution in [0.25, 0.3) is 4.96 Å². The van der Waals surface area contributed by atoms with E-state index in [1.54, 1.807) is 11.3 Å². The number of aromatic nitrogens is 2. The molecule has 0 unspecified atom stereocenters. The highest BCUT2D eigenvalue weighted by Gasteiger charge is 2.21. The fraction of sp³-hybridized carbons (Fsp3) is 0.615. The maximum atomic E-state index is 4.80. The Morgan fingerprint density at radius 2 is 2.17 bits per heavy atom. The van der Waals surface area contributed by atoms with Crippen molar-refractivity contribution in [2.45, 2.75) is 39.3 Å². The maximum absolute atomic E-state index is 4.80. The predicted octanol–water partition coefficient (Wildman–Crippen LogP) is 2.49. The van der Waals surface area contributed by atoms with Gasteiger partial charge in [0.25, 0.3) is 0 Å². The molecule has 1 aliphatic rings. The first-order chi connectivity index (χ1) is 8.75. The van der Waals surface area contributed by atoms with Crippen LogP contribution in [0, 0.1) is 0 Å². The van der Waals surface area contributed by atoms with Gasteiger partial charge < -0.3 is 10.2 Å². The van der Waals surface area contributed by atoms with Gasteiger partial charge in [0, 0.05) is 37.3 Å². The third-order valence-electron chi connectivity index (χ3n) is 3.42. The van der Waals surface area contributed by atoms with E-state index in [9.17, 15) is 0 Å². The van der Waals surface area contributed by atoms with E-state index in [2.05, 4.69) is 40.0 Å². The largest absolute Gasteiger partial charge is 0.355 e. The number of nitrogens with one attached hydrogen (secondary N) is 1. The Morgan fingerprint density at radius 1 is 1.39 bits per heavy atom. The first kappa shape index (κ1) is 12.0. The molecule has 2 aromatic rings. The minimum atomic E-state index is 0.501. The average Bonchev–Trinajstić information content (AvgIpc) is 3.02. The number of imidazole rings is 1. The molecule has 0 atom stereocenters. The van der Waals surface area contributed by atoms with Crippen molar-refractivity contribution in [1.82, 2.24) is 14.7 Å². The van der Waals surface area contributed by atoms with Crippen molar-refractivity contribution in [3.8, 4) is 0 Å². The van der Waals surface area contributed by atoms with Crippen molar-refractivity contribution in [1.29, 1.82) is 0 Å². The lowest BCUT2D eigenvalue weighted by Crippen LogP contribution is -2.25. The van der Waals surface area contributed by atoms with Gasteiger partial charge in [-0.2, -0.15) is 0 Å². The van der Waals surface area contributed by atoms with Gasteiger partial charge in [-0.05, 0) is 12.8 Å². The van der Waals surface area contributed by atoms with Crippen LogP contribution in [0.2, 0.25) is 0 Å². The van der Waals surface area contributed by atoms with Gasteiger partial charge in [-0.3, -0.25) is 4.40 Å². The minimum Gasteiger partial charge on any atom is -0.355 e. The Bertz CT molecular complexity index is 522. The lowest BCUT2D eigenvalue weighted by atomic mass is 10.3. The first-order valence-corrected chi connectivity index (χ1v) is 7.56. The third-order valence-corrected chi connectivity index (χ3v) is 4.18. The lowest BCUT2D eigenvalue weighted by Gasteiger charge is -2.17. The summed E-state index contributed by atoms with van der Waals surface area (Å²) in [5.74, 6) is 1.19. The summed E-state index contributed by atoms with van der Waals surface area (Å²) in [7, 11) is 0. The highest BCUT2D eigenvalue weighted by Crippen LogP contribution is 2.27. The molecule has 4 nitrogen and oxygen atoms in total. The van der Waals surface area contributed by atoms with Crippen LogP contribution in [0.1, 0.15) is 32.4 Å². The van der Waals surface area contributed by atoms with Crippen LogP contribution in [0.4, 0.5) is 5.82 Å². The van der Waals surface area contributed by atoms with E-state index in [0.717, 1.165) is 24.6 Å². The van der Waals surface area contributed by atoms with Crippen LogP contribution in [0.5, 0.6) is 0 Å². The van der Waals surface area contributed by atoms with E-state index in [4.69, 9.17) is 4.98 Å². The molecule has 0 radical (unpaired) electrons. The molecule has 0 aliphatic carbocycles. The van der Waals surface area contributed by atoms with Crippen molar-refractivity contribution in [3.05, 3.63) is 17.3 Å². The second-order valence-electron chi connectivity index (χ2n) is 5.17. The van der Waals surface area contributed by atoms with Gasteiger partial charge in [-0.15, -0.1) is 11.3 Å². The van der Waals surface area contributed by atoms with Gasteiger partial charge in [0.1, 0.15) is 0 Å². The van der Waals surface area contributed by atoms with Crippen LogP contribution in [-0.4, -0.2) is 28.5 Å². The van der Waals surface area contributed by atoms with Crippen LogP contribution < -0.4 is 10.2 Å². The number of hydrogen-bond acceptors (Lipinski definition) is 4. The number of hydrogen-bond donors (Lipinski definition) is 1. The molecule has 3 heterocycles. The summed E-state index contributed by atoms with van der Waals surface area (Å²) >= 11 is 1.71. The van der Waals surface area contributed by atoms with Gasteiger partial charge in [-0.25, -0.2) is 4.98 Å². The molecule has 2 aromatic heterocycles. The molecule has 0 saturated carbocycles. The van der Waals surface area contributed by atoms with Gasteiger partial charge in [0.05, 0.1) is 5.69 Å². The van der Waals surface area contributed by atoms with Gasteiger partial charge in [0.2, 0.25) is 0 Å². The third kappa shape index (κ3) is 2.12. The molecule has 0 bridgehead atoms. The Hall–Kier alpha value is -1.07. The molecule has 18 heavy (non-hydrogen) atoms. The monoisotopic (exact) mass is 264 g/mol. The van der Waals surface area contributed by atoms with Gasteiger partial charge >= 0.3 is 0 Å². The fourth-order valence-corrected chi connectivity index (χ4v) is 3.20. The SMILES string of the molecule is CC(C)NCc1c(N2CCCC2)nc2sccn12. The summed E-state index contributed by atoms with van der Waals surface area (Å²) in [5, 5.41) is 5.62. The van der Waals surface area contributed by atoms with Crippen LogP contribution in [0.3, 0.4) is 0 Å². The molecule has 98 valence electrons. The molecule has 0 aromatic carbocycles. The normalized spacial score (nSPS) is 16.3. The highest BCUT2D eigenvalue weighted by molar-refractivity contribution is 7.15. The second-order valence-corrected chi connectivity index (χ2v) is 6.04. The zero-order valence-electron chi connectivity index (χ0n) is 11.0. The van der Waals surface area contributed by atoms with E-state index >= 15 is 0 Å². The van der Waals surface area contributed by atoms with Gasteiger partial charge in [-0.1, -0.05) is 13.8 Å². The summed E-state index contributed by atoms with van der Waals surface area (Å²) < 4.78 is 2.23. The zero-order chi connectivity index (χ0) is 12.5. The molecule has 1 N–H and O–H groups in total. The summed E-state index contributed by atoms with van der Waals surface area (Å²) in [4.78, 5) is 8.34. The van der Waals surface area contributed by atoms with Crippen molar-refractivity contribution in [3.63, 3.8) is 0 Å². The molecule has 1 fully saturated rings. The smallest absolute Gasteiger partial charge is 0.195 e.